The van der Waals surface area contributed by atoms with E-state index in [1.807, 2.05) is 12.1 Å². The molecule has 0 amide bonds. The van der Waals surface area contributed by atoms with E-state index in [0.717, 1.165) is 22.1 Å². The quantitative estimate of drug-likeness (QED) is 0.728. The first-order valence-corrected chi connectivity index (χ1v) is 6.87. The summed E-state index contributed by atoms with van der Waals surface area (Å²) in [7, 11) is 0. The summed E-state index contributed by atoms with van der Waals surface area (Å²) in [5.41, 5.74) is 1.33. The van der Waals surface area contributed by atoms with Crippen LogP contribution in [0.3, 0.4) is 0 Å². The second-order valence-electron chi connectivity index (χ2n) is 4.21. The van der Waals surface area contributed by atoms with Crippen LogP contribution in [0.5, 0.6) is 0 Å². The Kier molecular flexibility index (Phi) is 4.19. The Hall–Kier alpha value is -0.600. The van der Waals surface area contributed by atoms with Gasteiger partial charge in [-0.15, -0.1) is 11.3 Å². The number of hydrogen-bond acceptors (Lipinski definition) is 2. The number of ketones is 1. The summed E-state index contributed by atoms with van der Waals surface area (Å²) in [4.78, 5) is 12.9. The third kappa shape index (κ3) is 3.46. The second-order valence-corrected chi connectivity index (χ2v) is 6.01. The molecule has 0 spiro atoms. The highest BCUT2D eigenvalue weighted by Crippen LogP contribution is 2.24. The van der Waals surface area contributed by atoms with Crippen LogP contribution in [-0.2, 0) is 11.2 Å². The predicted octanol–water partition coefficient (Wildman–Crippen LogP) is 4.40. The Morgan fingerprint density at radius 1 is 1.31 bits per heavy atom. The molecule has 3 heteroatoms. The largest absolute Gasteiger partial charge is 0.299 e. The van der Waals surface area contributed by atoms with Gasteiger partial charge < -0.3 is 0 Å². The van der Waals surface area contributed by atoms with Crippen LogP contribution in [0.4, 0.5) is 0 Å². The Labute approximate surface area is 105 Å². The van der Waals surface area contributed by atoms with Crippen molar-refractivity contribution in [1.82, 2.24) is 0 Å². The van der Waals surface area contributed by atoms with Crippen molar-refractivity contribution in [2.24, 2.45) is 0 Å². The number of hydrogen-bond donors (Lipinski definition) is 0. The average Bonchev–Trinajstić information content (AvgIpc) is 2.65. The Balaban J connectivity index is 1.86. The van der Waals surface area contributed by atoms with Crippen molar-refractivity contribution in [3.8, 4) is 0 Å². The van der Waals surface area contributed by atoms with E-state index in [1.54, 1.807) is 0 Å². The minimum Gasteiger partial charge on any atom is -0.299 e. The van der Waals surface area contributed by atoms with E-state index >= 15 is 0 Å². The summed E-state index contributed by atoms with van der Waals surface area (Å²) >= 11 is 7.33. The van der Waals surface area contributed by atoms with E-state index in [4.69, 9.17) is 11.6 Å². The van der Waals surface area contributed by atoms with Crippen molar-refractivity contribution in [3.63, 3.8) is 0 Å². The van der Waals surface area contributed by atoms with E-state index in [9.17, 15) is 4.79 Å². The summed E-state index contributed by atoms with van der Waals surface area (Å²) < 4.78 is 0.764. The summed E-state index contributed by atoms with van der Waals surface area (Å²) in [6, 6.07) is 3.80. The number of rotatable bonds is 4. The second kappa shape index (κ2) is 5.65. The highest BCUT2D eigenvalue weighted by atomic mass is 35.5. The Morgan fingerprint density at radius 2 is 2.19 bits per heavy atom. The van der Waals surface area contributed by atoms with Crippen LogP contribution in [0.1, 0.15) is 37.0 Å². The summed E-state index contributed by atoms with van der Waals surface area (Å²) in [6.07, 6.45) is 8.18. The van der Waals surface area contributed by atoms with Crippen molar-refractivity contribution in [2.45, 2.75) is 38.5 Å². The molecule has 16 heavy (non-hydrogen) atoms. The fraction of sp³-hybridized carbons (Fsp3) is 0.462. The number of allylic oxidation sites excluding steroid dienone is 2. The molecule has 0 N–H and O–H groups in total. The van der Waals surface area contributed by atoms with Crippen molar-refractivity contribution >= 4 is 28.7 Å². The van der Waals surface area contributed by atoms with Gasteiger partial charge in [0.25, 0.3) is 0 Å². The fourth-order valence-corrected chi connectivity index (χ4v) is 3.14. The van der Waals surface area contributed by atoms with Crippen LogP contribution in [0.25, 0.3) is 0 Å². The van der Waals surface area contributed by atoms with E-state index in [-0.39, 0.29) is 0 Å². The number of carbonyl (C=O) groups excluding carboxylic acids is 1. The van der Waals surface area contributed by atoms with Gasteiger partial charge in [0, 0.05) is 17.7 Å². The van der Waals surface area contributed by atoms with Crippen LogP contribution >= 0.6 is 22.9 Å². The third-order valence-electron chi connectivity index (χ3n) is 2.81. The van der Waals surface area contributed by atoms with Gasteiger partial charge in [0.15, 0.2) is 0 Å². The van der Waals surface area contributed by atoms with Crippen molar-refractivity contribution < 1.29 is 4.79 Å². The predicted molar refractivity (Wildman–Crippen MR) is 69.2 cm³/mol. The third-order valence-corrected chi connectivity index (χ3v) is 4.04. The van der Waals surface area contributed by atoms with Gasteiger partial charge in [0.2, 0.25) is 0 Å². The van der Waals surface area contributed by atoms with Crippen LogP contribution in [0.2, 0.25) is 4.34 Å². The molecular weight excluding hydrogens is 240 g/mol. The van der Waals surface area contributed by atoms with Crippen LogP contribution < -0.4 is 0 Å². The maximum absolute atomic E-state index is 11.8. The minimum absolute atomic E-state index is 0.312. The topological polar surface area (TPSA) is 17.1 Å². The Morgan fingerprint density at radius 3 is 2.81 bits per heavy atom. The van der Waals surface area contributed by atoms with E-state index < -0.39 is 0 Å². The molecule has 86 valence electrons. The first-order valence-electron chi connectivity index (χ1n) is 5.68. The fourth-order valence-electron chi connectivity index (χ4n) is 2.02. The number of Topliss-reactive ketones (excluding diaryl/α,β-unsaturated/α-hetero) is 1. The zero-order valence-corrected chi connectivity index (χ0v) is 10.7. The molecule has 2 rings (SSSR count). The van der Waals surface area contributed by atoms with Gasteiger partial charge in [0.1, 0.15) is 5.78 Å². The van der Waals surface area contributed by atoms with Crippen LogP contribution in [0, 0.1) is 0 Å². The minimum atomic E-state index is 0.312. The highest BCUT2D eigenvalue weighted by Gasteiger charge is 2.10. The monoisotopic (exact) mass is 254 g/mol. The molecule has 1 nitrogen and oxygen atoms in total. The molecule has 1 aromatic rings. The first kappa shape index (κ1) is 11.9. The van der Waals surface area contributed by atoms with E-state index in [2.05, 4.69) is 6.08 Å². The lowest BCUT2D eigenvalue weighted by molar-refractivity contribution is -0.117. The molecule has 0 aliphatic heterocycles. The van der Waals surface area contributed by atoms with Crippen LogP contribution in [-0.4, -0.2) is 5.78 Å². The lowest BCUT2D eigenvalue weighted by atomic mass is 9.95. The molecule has 1 aliphatic carbocycles. The molecule has 1 aliphatic rings. The zero-order chi connectivity index (χ0) is 11.4. The van der Waals surface area contributed by atoms with Gasteiger partial charge >= 0.3 is 0 Å². The van der Waals surface area contributed by atoms with Crippen molar-refractivity contribution in [1.29, 1.82) is 0 Å². The number of thiophene rings is 1. The van der Waals surface area contributed by atoms with E-state index in [1.165, 1.54) is 29.8 Å². The molecule has 0 atom stereocenters. The molecule has 0 bridgehead atoms. The maximum atomic E-state index is 11.8. The van der Waals surface area contributed by atoms with Gasteiger partial charge in [-0.3, -0.25) is 4.79 Å². The normalized spacial score (nSPS) is 15.9. The van der Waals surface area contributed by atoms with Crippen LogP contribution in [0.15, 0.2) is 23.8 Å². The van der Waals surface area contributed by atoms with Gasteiger partial charge in [-0.25, -0.2) is 0 Å². The van der Waals surface area contributed by atoms with Crippen molar-refractivity contribution in [2.75, 3.05) is 0 Å². The maximum Gasteiger partial charge on any atom is 0.142 e. The van der Waals surface area contributed by atoms with Gasteiger partial charge in [-0.1, -0.05) is 23.3 Å². The SMILES string of the molecule is O=C(CC1=CCCCC1)Cc1ccc(Cl)s1. The standard InChI is InChI=1S/C13H15ClOS/c14-13-7-6-12(16-13)9-11(15)8-10-4-2-1-3-5-10/h4,6-7H,1-3,5,8-9H2. The molecular formula is C13H15ClOS. The Bertz CT molecular complexity index is 406. The summed E-state index contributed by atoms with van der Waals surface area (Å²) in [5.74, 6) is 0.312. The molecule has 1 heterocycles. The zero-order valence-electron chi connectivity index (χ0n) is 9.17. The molecule has 0 radical (unpaired) electrons. The highest BCUT2D eigenvalue weighted by molar-refractivity contribution is 7.16. The average molecular weight is 255 g/mol. The van der Waals surface area contributed by atoms with Crippen molar-refractivity contribution in [3.05, 3.63) is 33.0 Å². The summed E-state index contributed by atoms with van der Waals surface area (Å²) in [5, 5.41) is 0. The lowest BCUT2D eigenvalue weighted by Crippen LogP contribution is -2.04. The van der Waals surface area contributed by atoms with E-state index in [0.29, 0.717) is 18.6 Å². The first-order chi connectivity index (χ1) is 7.74. The lowest BCUT2D eigenvalue weighted by Gasteiger charge is -2.11. The molecule has 0 aromatic carbocycles. The number of carbonyl (C=O) groups is 1. The molecule has 0 saturated heterocycles. The molecule has 1 aromatic heterocycles. The molecule has 0 saturated carbocycles. The van der Waals surface area contributed by atoms with Gasteiger partial charge in [0.05, 0.1) is 4.34 Å². The smallest absolute Gasteiger partial charge is 0.142 e. The number of halogens is 1. The molecule has 0 unspecified atom stereocenters. The summed E-state index contributed by atoms with van der Waals surface area (Å²) in [6.45, 7) is 0. The van der Waals surface area contributed by atoms with Gasteiger partial charge in [-0.05, 0) is 37.8 Å². The van der Waals surface area contributed by atoms with Gasteiger partial charge in [-0.2, -0.15) is 0 Å². The molecule has 0 fully saturated rings.